The lowest BCUT2D eigenvalue weighted by Crippen LogP contribution is -2.51. The fourth-order valence-electron chi connectivity index (χ4n) is 2.62. The molecule has 0 saturated carbocycles. The molecule has 0 aliphatic carbocycles. The van der Waals surface area contributed by atoms with E-state index in [9.17, 15) is 8.42 Å². The third kappa shape index (κ3) is 4.18. The highest BCUT2D eigenvalue weighted by Crippen LogP contribution is 2.19. The zero-order valence-corrected chi connectivity index (χ0v) is 13.8. The first-order valence-electron chi connectivity index (χ1n) is 7.39. The van der Waals surface area contributed by atoms with E-state index in [1.165, 1.54) is 4.31 Å². The van der Waals surface area contributed by atoms with Crippen LogP contribution in [0.5, 0.6) is 0 Å². The Kier molecular flexibility index (Phi) is 5.23. The molecule has 1 atom stereocenters. The van der Waals surface area contributed by atoms with E-state index < -0.39 is 10.2 Å². The number of nitrogens with zero attached hydrogens (tertiary/aromatic N) is 4. The van der Waals surface area contributed by atoms with Crippen molar-refractivity contribution < 1.29 is 8.42 Å². The molecule has 2 rings (SSSR count). The van der Waals surface area contributed by atoms with Crippen molar-refractivity contribution in [3.63, 3.8) is 0 Å². The minimum Gasteiger partial charge on any atom is -0.367 e. The maximum Gasteiger partial charge on any atom is 0.279 e. The number of hydrogen-bond donors (Lipinski definition) is 1. The zero-order valence-electron chi connectivity index (χ0n) is 13.0. The van der Waals surface area contributed by atoms with Gasteiger partial charge in [-0.25, -0.2) is 0 Å². The van der Waals surface area contributed by atoms with Gasteiger partial charge in [0.15, 0.2) is 0 Å². The minimum absolute atomic E-state index is 0.0525. The number of aryl methyl sites for hydroxylation is 1. The standard InChI is InChI=1S/C13H25N5O2S/c1-4-7-17(3)21(19,20)15-12-6-5-8-18(10-12)13-9-14-16(2)11-13/h9,11-12,15H,4-8,10H2,1-3H3/t12-/m0/s1. The Balaban J connectivity index is 1.98. The van der Waals surface area contributed by atoms with E-state index in [1.54, 1.807) is 11.7 Å². The molecule has 1 aromatic rings. The predicted molar refractivity (Wildman–Crippen MR) is 83.4 cm³/mol. The molecule has 0 spiro atoms. The van der Waals surface area contributed by atoms with E-state index in [4.69, 9.17) is 0 Å². The molecule has 8 heteroatoms. The molecule has 0 aromatic carbocycles. The second-order valence-electron chi connectivity index (χ2n) is 5.60. The smallest absolute Gasteiger partial charge is 0.279 e. The fraction of sp³-hybridized carbons (Fsp3) is 0.769. The third-order valence-electron chi connectivity index (χ3n) is 3.74. The molecule has 0 unspecified atom stereocenters. The molecular formula is C13H25N5O2S. The lowest BCUT2D eigenvalue weighted by molar-refractivity contribution is 0.422. The van der Waals surface area contributed by atoms with Crippen LogP contribution < -0.4 is 9.62 Å². The molecule has 0 radical (unpaired) electrons. The van der Waals surface area contributed by atoms with Crippen molar-refractivity contribution in [2.24, 2.45) is 7.05 Å². The topological polar surface area (TPSA) is 70.5 Å². The van der Waals surface area contributed by atoms with E-state index in [0.717, 1.165) is 31.5 Å². The summed E-state index contributed by atoms with van der Waals surface area (Å²) in [7, 11) is 0.114. The first-order chi connectivity index (χ1) is 9.92. The van der Waals surface area contributed by atoms with Gasteiger partial charge in [0.05, 0.1) is 11.9 Å². The Bertz CT molecular complexity index is 557. The highest BCUT2D eigenvalue weighted by molar-refractivity contribution is 7.87. The zero-order chi connectivity index (χ0) is 15.5. The average molecular weight is 315 g/mol. The first kappa shape index (κ1) is 16.3. The van der Waals surface area contributed by atoms with Crippen LogP contribution in [0, 0.1) is 0 Å². The van der Waals surface area contributed by atoms with Gasteiger partial charge < -0.3 is 4.90 Å². The molecule has 0 bridgehead atoms. The highest BCUT2D eigenvalue weighted by atomic mass is 32.2. The van der Waals surface area contributed by atoms with Crippen molar-refractivity contribution in [2.45, 2.75) is 32.2 Å². The maximum absolute atomic E-state index is 12.2. The Morgan fingerprint density at radius 3 is 2.90 bits per heavy atom. The normalized spacial score (nSPS) is 20.2. The van der Waals surface area contributed by atoms with Crippen LogP contribution in [0.3, 0.4) is 0 Å². The van der Waals surface area contributed by atoms with Crippen LogP contribution in [-0.2, 0) is 17.3 Å². The quantitative estimate of drug-likeness (QED) is 0.833. The summed E-state index contributed by atoms with van der Waals surface area (Å²) in [5.41, 5.74) is 1.04. The van der Waals surface area contributed by atoms with E-state index in [0.29, 0.717) is 13.1 Å². The minimum atomic E-state index is -3.39. The van der Waals surface area contributed by atoms with Crippen molar-refractivity contribution in [2.75, 3.05) is 31.6 Å². The Hall–Kier alpha value is -1.12. The van der Waals surface area contributed by atoms with Crippen LogP contribution in [0.15, 0.2) is 12.4 Å². The summed E-state index contributed by atoms with van der Waals surface area (Å²) >= 11 is 0. The number of aromatic nitrogens is 2. The molecule has 2 heterocycles. The Morgan fingerprint density at radius 1 is 1.52 bits per heavy atom. The SMILES string of the molecule is CCCN(C)S(=O)(=O)N[C@H]1CCCN(c2cnn(C)c2)C1. The van der Waals surface area contributed by atoms with Crippen molar-refractivity contribution in [3.8, 4) is 0 Å². The number of piperidine rings is 1. The number of hydrogen-bond acceptors (Lipinski definition) is 4. The van der Waals surface area contributed by atoms with Crippen molar-refractivity contribution in [1.82, 2.24) is 18.8 Å². The van der Waals surface area contributed by atoms with Gasteiger partial charge in [-0.1, -0.05) is 6.92 Å². The predicted octanol–water partition coefficient (Wildman–Crippen LogP) is 0.565. The third-order valence-corrected chi connectivity index (χ3v) is 5.38. The van der Waals surface area contributed by atoms with Gasteiger partial charge >= 0.3 is 0 Å². The van der Waals surface area contributed by atoms with Gasteiger partial charge in [-0.3, -0.25) is 4.68 Å². The average Bonchev–Trinajstić information content (AvgIpc) is 2.85. The van der Waals surface area contributed by atoms with Gasteiger partial charge in [0, 0.05) is 46.0 Å². The summed E-state index contributed by atoms with van der Waals surface area (Å²) < 4.78 is 30.4. The van der Waals surface area contributed by atoms with E-state index in [-0.39, 0.29) is 6.04 Å². The van der Waals surface area contributed by atoms with Gasteiger partial charge in [-0.05, 0) is 19.3 Å². The van der Waals surface area contributed by atoms with Gasteiger partial charge in [-0.2, -0.15) is 22.5 Å². The molecule has 120 valence electrons. The number of anilines is 1. The van der Waals surface area contributed by atoms with Crippen molar-refractivity contribution in [3.05, 3.63) is 12.4 Å². The molecule has 7 nitrogen and oxygen atoms in total. The molecule has 21 heavy (non-hydrogen) atoms. The first-order valence-corrected chi connectivity index (χ1v) is 8.83. The van der Waals surface area contributed by atoms with Crippen LogP contribution >= 0.6 is 0 Å². The molecule has 1 aliphatic rings. The largest absolute Gasteiger partial charge is 0.367 e. The van der Waals surface area contributed by atoms with Crippen molar-refractivity contribution >= 4 is 15.9 Å². The molecule has 0 amide bonds. The summed E-state index contributed by atoms with van der Waals surface area (Å²) in [6.07, 6.45) is 6.43. The summed E-state index contributed by atoms with van der Waals surface area (Å²) in [6.45, 7) is 4.13. The second kappa shape index (κ2) is 6.76. The summed E-state index contributed by atoms with van der Waals surface area (Å²) in [5.74, 6) is 0. The van der Waals surface area contributed by atoms with Crippen LogP contribution in [0.2, 0.25) is 0 Å². The van der Waals surface area contributed by atoms with Gasteiger partial charge in [0.1, 0.15) is 0 Å². The summed E-state index contributed by atoms with van der Waals surface area (Å²) in [5, 5.41) is 4.17. The lowest BCUT2D eigenvalue weighted by atomic mass is 10.1. The maximum atomic E-state index is 12.2. The molecule has 1 N–H and O–H groups in total. The van der Waals surface area contributed by atoms with Crippen LogP contribution in [0.25, 0.3) is 0 Å². The van der Waals surface area contributed by atoms with Crippen LogP contribution in [0.4, 0.5) is 5.69 Å². The second-order valence-corrected chi connectivity index (χ2v) is 7.41. The summed E-state index contributed by atoms with van der Waals surface area (Å²) in [6, 6.07) is -0.0525. The molecular weight excluding hydrogens is 290 g/mol. The highest BCUT2D eigenvalue weighted by Gasteiger charge is 2.26. The molecule has 1 aromatic heterocycles. The van der Waals surface area contributed by atoms with Crippen molar-refractivity contribution in [1.29, 1.82) is 0 Å². The number of rotatable bonds is 6. The summed E-state index contributed by atoms with van der Waals surface area (Å²) in [4.78, 5) is 2.18. The van der Waals surface area contributed by atoms with Gasteiger partial charge in [0.2, 0.25) is 0 Å². The van der Waals surface area contributed by atoms with Gasteiger partial charge in [-0.15, -0.1) is 0 Å². The van der Waals surface area contributed by atoms with E-state index in [1.807, 2.05) is 26.4 Å². The number of nitrogens with one attached hydrogen (secondary N) is 1. The lowest BCUT2D eigenvalue weighted by Gasteiger charge is -2.34. The Morgan fingerprint density at radius 2 is 2.29 bits per heavy atom. The molecule has 1 aliphatic heterocycles. The van der Waals surface area contributed by atoms with E-state index >= 15 is 0 Å². The van der Waals surface area contributed by atoms with Crippen LogP contribution in [0.1, 0.15) is 26.2 Å². The molecule has 1 saturated heterocycles. The molecule has 1 fully saturated rings. The van der Waals surface area contributed by atoms with Crippen LogP contribution in [-0.4, -0.2) is 55.2 Å². The Labute approximate surface area is 127 Å². The monoisotopic (exact) mass is 315 g/mol. The van der Waals surface area contributed by atoms with Gasteiger partial charge in [0.25, 0.3) is 10.2 Å². The van der Waals surface area contributed by atoms with E-state index in [2.05, 4.69) is 14.7 Å². The fourth-order valence-corrected chi connectivity index (χ4v) is 3.83.